The third-order valence-electron chi connectivity index (χ3n) is 1.55. The van der Waals surface area contributed by atoms with Crippen LogP contribution in [0.15, 0.2) is 23.2 Å². The van der Waals surface area contributed by atoms with Gasteiger partial charge in [-0.15, -0.1) is 0 Å². The number of nitrogens with zero attached hydrogens (tertiary/aromatic N) is 1. The largest absolute Gasteiger partial charge is 0.506 e. The SMILES string of the molecule is CC(=O)c1ccc(O)c(N=C=O)c1. The molecule has 0 unspecified atom stereocenters. The van der Waals surface area contributed by atoms with Gasteiger partial charge in [-0.25, -0.2) is 4.79 Å². The van der Waals surface area contributed by atoms with Gasteiger partial charge in [0.1, 0.15) is 11.4 Å². The first-order chi connectivity index (χ1) is 6.15. The second-order valence-electron chi connectivity index (χ2n) is 2.46. The lowest BCUT2D eigenvalue weighted by Gasteiger charge is -1.98. The first-order valence-electron chi connectivity index (χ1n) is 3.57. The maximum Gasteiger partial charge on any atom is 0.240 e. The zero-order valence-electron chi connectivity index (χ0n) is 6.94. The summed E-state index contributed by atoms with van der Waals surface area (Å²) in [5.74, 6) is -0.296. The second kappa shape index (κ2) is 3.65. The average Bonchev–Trinajstić information content (AvgIpc) is 2.08. The lowest BCUT2D eigenvalue weighted by atomic mass is 10.1. The summed E-state index contributed by atoms with van der Waals surface area (Å²) in [6.45, 7) is 1.39. The fraction of sp³-hybridized carbons (Fsp3) is 0.111. The summed E-state index contributed by atoms with van der Waals surface area (Å²) < 4.78 is 0. The van der Waals surface area contributed by atoms with Crippen molar-refractivity contribution in [2.24, 2.45) is 4.99 Å². The van der Waals surface area contributed by atoms with Gasteiger partial charge in [0.05, 0.1) is 0 Å². The minimum atomic E-state index is -0.151. The molecule has 0 fully saturated rings. The minimum absolute atomic E-state index is 0.0581. The zero-order valence-corrected chi connectivity index (χ0v) is 6.94. The highest BCUT2D eigenvalue weighted by Crippen LogP contribution is 2.26. The summed E-state index contributed by atoms with van der Waals surface area (Å²) in [5, 5.41) is 9.16. The van der Waals surface area contributed by atoms with E-state index < -0.39 is 0 Å². The van der Waals surface area contributed by atoms with Crippen LogP contribution < -0.4 is 0 Å². The molecule has 0 aromatic heterocycles. The van der Waals surface area contributed by atoms with Gasteiger partial charge < -0.3 is 5.11 Å². The van der Waals surface area contributed by atoms with Crippen molar-refractivity contribution in [2.75, 3.05) is 0 Å². The van der Waals surface area contributed by atoms with Crippen LogP contribution in [-0.4, -0.2) is 17.0 Å². The number of phenols is 1. The van der Waals surface area contributed by atoms with Crippen molar-refractivity contribution in [1.29, 1.82) is 0 Å². The van der Waals surface area contributed by atoms with Gasteiger partial charge in [-0.1, -0.05) is 0 Å². The van der Waals surface area contributed by atoms with Crippen LogP contribution in [0.5, 0.6) is 5.75 Å². The van der Waals surface area contributed by atoms with Crippen LogP contribution in [0.3, 0.4) is 0 Å². The number of isocyanates is 1. The van der Waals surface area contributed by atoms with Crippen molar-refractivity contribution in [3.05, 3.63) is 23.8 Å². The highest BCUT2D eigenvalue weighted by atomic mass is 16.3. The van der Waals surface area contributed by atoms with Crippen molar-refractivity contribution < 1.29 is 14.7 Å². The number of phenolic OH excluding ortho intramolecular Hbond substituents is 1. The van der Waals surface area contributed by atoms with Gasteiger partial charge in [-0.05, 0) is 25.1 Å². The minimum Gasteiger partial charge on any atom is -0.506 e. The number of carbonyl (C=O) groups excluding carboxylic acids is 2. The van der Waals surface area contributed by atoms with Crippen molar-refractivity contribution in [3.63, 3.8) is 0 Å². The monoisotopic (exact) mass is 177 g/mol. The van der Waals surface area contributed by atoms with Crippen molar-refractivity contribution >= 4 is 17.6 Å². The number of hydrogen-bond acceptors (Lipinski definition) is 4. The Kier molecular flexibility index (Phi) is 2.57. The maximum absolute atomic E-state index is 10.9. The molecular weight excluding hydrogens is 170 g/mol. The fourth-order valence-electron chi connectivity index (χ4n) is 0.881. The molecule has 1 rings (SSSR count). The highest BCUT2D eigenvalue weighted by molar-refractivity contribution is 5.95. The van der Waals surface area contributed by atoms with Gasteiger partial charge in [-0.2, -0.15) is 4.99 Å². The van der Waals surface area contributed by atoms with Crippen LogP contribution in [0, 0.1) is 0 Å². The second-order valence-corrected chi connectivity index (χ2v) is 2.46. The number of carbonyl (C=O) groups is 1. The summed E-state index contributed by atoms with van der Waals surface area (Å²) in [6, 6.07) is 4.11. The van der Waals surface area contributed by atoms with E-state index in [4.69, 9.17) is 5.11 Å². The van der Waals surface area contributed by atoms with Gasteiger partial charge in [-0.3, -0.25) is 4.79 Å². The first kappa shape index (κ1) is 9.16. The van der Waals surface area contributed by atoms with Crippen LogP contribution in [0.2, 0.25) is 0 Å². The fourth-order valence-corrected chi connectivity index (χ4v) is 0.881. The van der Waals surface area contributed by atoms with E-state index in [1.807, 2.05) is 0 Å². The molecule has 0 aliphatic rings. The summed E-state index contributed by atoms with van der Waals surface area (Å²) in [4.78, 5) is 24.1. The Morgan fingerprint density at radius 1 is 1.54 bits per heavy atom. The van der Waals surface area contributed by atoms with Gasteiger partial charge in [0.2, 0.25) is 6.08 Å². The molecule has 1 aromatic carbocycles. The topological polar surface area (TPSA) is 66.7 Å². The molecular formula is C9H7NO3. The Morgan fingerprint density at radius 2 is 2.23 bits per heavy atom. The van der Waals surface area contributed by atoms with Crippen molar-refractivity contribution in [2.45, 2.75) is 6.92 Å². The lowest BCUT2D eigenvalue weighted by Crippen LogP contribution is -1.90. The lowest BCUT2D eigenvalue weighted by molar-refractivity contribution is 0.101. The molecule has 0 radical (unpaired) electrons. The third kappa shape index (κ3) is 2.01. The Morgan fingerprint density at radius 3 is 2.77 bits per heavy atom. The Hall–Kier alpha value is -1.93. The van der Waals surface area contributed by atoms with Crippen LogP contribution in [0.1, 0.15) is 17.3 Å². The molecule has 0 atom stereocenters. The molecule has 0 saturated heterocycles. The molecule has 0 saturated carbocycles. The van der Waals surface area contributed by atoms with Gasteiger partial charge >= 0.3 is 0 Å². The predicted octanol–water partition coefficient (Wildman–Crippen LogP) is 1.56. The molecule has 0 amide bonds. The third-order valence-corrected chi connectivity index (χ3v) is 1.55. The molecule has 4 nitrogen and oxygen atoms in total. The number of ketones is 1. The van der Waals surface area contributed by atoms with E-state index in [9.17, 15) is 9.59 Å². The average molecular weight is 177 g/mol. The van der Waals surface area contributed by atoms with Crippen LogP contribution in [-0.2, 0) is 4.79 Å². The number of Topliss-reactive ketones (excluding diaryl/α,β-unsaturated/α-hetero) is 1. The number of aliphatic imine (C=N–C) groups is 1. The van der Waals surface area contributed by atoms with Crippen LogP contribution in [0.25, 0.3) is 0 Å². The molecule has 0 spiro atoms. The van der Waals surface area contributed by atoms with Crippen molar-refractivity contribution in [3.8, 4) is 5.75 Å². The van der Waals surface area contributed by atoms with Gasteiger partial charge in [0.25, 0.3) is 0 Å². The Labute approximate surface area is 74.5 Å². The van der Waals surface area contributed by atoms with Crippen LogP contribution >= 0.6 is 0 Å². The predicted molar refractivity (Wildman–Crippen MR) is 45.9 cm³/mol. The molecule has 13 heavy (non-hydrogen) atoms. The van der Waals surface area contributed by atoms with E-state index >= 15 is 0 Å². The van der Waals surface area contributed by atoms with E-state index in [0.29, 0.717) is 5.56 Å². The van der Waals surface area contributed by atoms with E-state index in [1.165, 1.54) is 31.2 Å². The van der Waals surface area contributed by atoms with E-state index in [0.717, 1.165) is 0 Å². The van der Waals surface area contributed by atoms with Crippen molar-refractivity contribution in [1.82, 2.24) is 0 Å². The molecule has 4 heteroatoms. The molecule has 0 aliphatic heterocycles. The first-order valence-corrected chi connectivity index (χ1v) is 3.57. The zero-order chi connectivity index (χ0) is 9.84. The highest BCUT2D eigenvalue weighted by Gasteiger charge is 2.04. The Balaban J connectivity index is 3.26. The normalized spacial score (nSPS) is 9.00. The number of rotatable bonds is 2. The van der Waals surface area contributed by atoms with E-state index in [-0.39, 0.29) is 17.2 Å². The van der Waals surface area contributed by atoms with E-state index in [2.05, 4.69) is 4.99 Å². The number of hydrogen-bond donors (Lipinski definition) is 1. The summed E-state index contributed by atoms with van der Waals surface area (Å²) >= 11 is 0. The summed E-state index contributed by atoms with van der Waals surface area (Å²) in [6.07, 6.45) is 1.29. The Bertz CT molecular complexity index is 392. The van der Waals surface area contributed by atoms with Gasteiger partial charge in [0.15, 0.2) is 5.78 Å². The smallest absolute Gasteiger partial charge is 0.240 e. The number of aromatic hydroxyl groups is 1. The maximum atomic E-state index is 10.9. The molecule has 1 aromatic rings. The molecule has 0 aliphatic carbocycles. The van der Waals surface area contributed by atoms with Crippen LogP contribution in [0.4, 0.5) is 5.69 Å². The van der Waals surface area contributed by atoms with E-state index in [1.54, 1.807) is 0 Å². The molecule has 66 valence electrons. The molecule has 1 N–H and O–H groups in total. The summed E-state index contributed by atoms with van der Waals surface area (Å²) in [7, 11) is 0. The summed E-state index contributed by atoms with van der Waals surface area (Å²) in [5.41, 5.74) is 0.453. The molecule has 0 bridgehead atoms. The van der Waals surface area contributed by atoms with Gasteiger partial charge in [0, 0.05) is 5.56 Å². The standard InChI is InChI=1S/C9H7NO3/c1-6(12)7-2-3-9(13)8(4-7)10-5-11/h2-4,13H,1H3. The molecule has 0 heterocycles. The number of benzene rings is 1. The quantitative estimate of drug-likeness (QED) is 0.423.